The summed E-state index contributed by atoms with van der Waals surface area (Å²) in [5.74, 6) is 0.738. The maximum absolute atomic E-state index is 5.43. The van der Waals surface area contributed by atoms with Crippen LogP contribution in [0.15, 0.2) is 16.9 Å². The van der Waals surface area contributed by atoms with Crippen LogP contribution in [0.1, 0.15) is 6.92 Å². The fraction of sp³-hybridized carbons (Fsp3) is 0.500. The maximum atomic E-state index is 5.43. The predicted octanol–water partition coefficient (Wildman–Crippen LogP) is -1.33. The Bertz CT molecular complexity index is 156. The van der Waals surface area contributed by atoms with Crippen LogP contribution in [-0.4, -0.2) is 19.0 Å². The molecule has 64 valence electrons. The first-order valence-electron chi connectivity index (χ1n) is 3.38. The van der Waals surface area contributed by atoms with Crippen molar-refractivity contribution in [2.75, 3.05) is 13.1 Å². The lowest BCUT2D eigenvalue weighted by Gasteiger charge is -2.02. The molecule has 7 N–H and O–H groups in total. The molecule has 0 aliphatic heterocycles. The van der Waals surface area contributed by atoms with E-state index < -0.39 is 0 Å². The lowest BCUT2D eigenvalue weighted by Crippen LogP contribution is -2.26. The molecule has 0 rings (SSSR count). The fourth-order valence-electron chi connectivity index (χ4n) is 0.487. The van der Waals surface area contributed by atoms with Crippen LogP contribution in [0, 0.1) is 0 Å². The molecule has 0 saturated heterocycles. The molecule has 0 aromatic carbocycles. The van der Waals surface area contributed by atoms with E-state index in [0.717, 1.165) is 0 Å². The van der Waals surface area contributed by atoms with E-state index in [-0.39, 0.29) is 5.96 Å². The molecule has 11 heavy (non-hydrogen) atoms. The zero-order valence-electron chi connectivity index (χ0n) is 6.67. The zero-order chi connectivity index (χ0) is 8.69. The van der Waals surface area contributed by atoms with Crippen LogP contribution in [-0.2, 0) is 0 Å². The summed E-state index contributed by atoms with van der Waals surface area (Å²) in [6.07, 6.45) is 1.77. The van der Waals surface area contributed by atoms with Gasteiger partial charge in [0.15, 0.2) is 5.96 Å². The number of nitrogens with one attached hydrogen (secondary N) is 1. The summed E-state index contributed by atoms with van der Waals surface area (Å²) in [5.41, 5.74) is 15.6. The summed E-state index contributed by atoms with van der Waals surface area (Å²) >= 11 is 0. The minimum atomic E-state index is 0.103. The van der Waals surface area contributed by atoms with E-state index in [0.29, 0.717) is 18.9 Å². The highest BCUT2D eigenvalue weighted by molar-refractivity contribution is 5.75. The van der Waals surface area contributed by atoms with Gasteiger partial charge in [0.2, 0.25) is 0 Å². The lowest BCUT2D eigenvalue weighted by atomic mass is 10.5. The highest BCUT2D eigenvalue weighted by atomic mass is 15.0. The van der Waals surface area contributed by atoms with Gasteiger partial charge in [-0.3, -0.25) is 4.99 Å². The summed E-state index contributed by atoms with van der Waals surface area (Å²) in [5, 5.41) is 2.91. The predicted molar refractivity (Wildman–Crippen MR) is 46.6 cm³/mol. The number of hydrogen-bond donors (Lipinski definition) is 4. The number of nitrogens with two attached hydrogens (primary N) is 3. The molecule has 0 bridgehead atoms. The third-order valence-electron chi connectivity index (χ3n) is 1.05. The van der Waals surface area contributed by atoms with Crippen LogP contribution in [0.3, 0.4) is 0 Å². The van der Waals surface area contributed by atoms with Gasteiger partial charge in [-0.15, -0.1) is 0 Å². The normalized spacial score (nSPS) is 10.8. The van der Waals surface area contributed by atoms with Gasteiger partial charge in [-0.25, -0.2) is 0 Å². The third kappa shape index (κ3) is 6.50. The average molecular weight is 157 g/mol. The van der Waals surface area contributed by atoms with E-state index >= 15 is 0 Å². The van der Waals surface area contributed by atoms with Crippen molar-refractivity contribution in [3.63, 3.8) is 0 Å². The van der Waals surface area contributed by atoms with Crippen molar-refractivity contribution in [2.45, 2.75) is 6.92 Å². The van der Waals surface area contributed by atoms with E-state index in [1.54, 1.807) is 6.08 Å². The Hall–Kier alpha value is -1.39. The monoisotopic (exact) mass is 157 g/mol. The largest absolute Gasteiger partial charge is 0.386 e. The van der Waals surface area contributed by atoms with Crippen LogP contribution in [0.5, 0.6) is 0 Å². The first-order valence-corrected chi connectivity index (χ1v) is 3.38. The Morgan fingerprint density at radius 3 is 2.55 bits per heavy atom. The summed E-state index contributed by atoms with van der Waals surface area (Å²) in [6, 6.07) is 0. The van der Waals surface area contributed by atoms with E-state index in [1.165, 1.54) is 0 Å². The number of hydrogen-bond acceptors (Lipinski definition) is 3. The van der Waals surface area contributed by atoms with Crippen molar-refractivity contribution in [2.24, 2.45) is 22.2 Å². The van der Waals surface area contributed by atoms with Crippen molar-refractivity contribution in [3.05, 3.63) is 11.9 Å². The second-order valence-corrected chi connectivity index (χ2v) is 1.98. The van der Waals surface area contributed by atoms with Crippen LogP contribution >= 0.6 is 0 Å². The molecular formula is C6H15N5. The van der Waals surface area contributed by atoms with Gasteiger partial charge >= 0.3 is 0 Å². The van der Waals surface area contributed by atoms with Crippen molar-refractivity contribution >= 4 is 5.96 Å². The fourth-order valence-corrected chi connectivity index (χ4v) is 0.487. The number of allylic oxidation sites excluding steroid dienone is 1. The zero-order valence-corrected chi connectivity index (χ0v) is 6.67. The van der Waals surface area contributed by atoms with Gasteiger partial charge in [-0.1, -0.05) is 0 Å². The molecule has 0 amide bonds. The maximum Gasteiger partial charge on any atom is 0.185 e. The first-order chi connectivity index (χ1) is 5.16. The topological polar surface area (TPSA) is 102 Å². The molecule has 0 aliphatic carbocycles. The van der Waals surface area contributed by atoms with Gasteiger partial charge in [0.1, 0.15) is 0 Å². The molecule has 0 fully saturated rings. The van der Waals surface area contributed by atoms with Gasteiger partial charge < -0.3 is 22.5 Å². The Kier molecular flexibility index (Phi) is 4.72. The molecule has 5 nitrogen and oxygen atoms in total. The van der Waals surface area contributed by atoms with E-state index in [4.69, 9.17) is 17.2 Å². The van der Waals surface area contributed by atoms with E-state index in [9.17, 15) is 0 Å². The van der Waals surface area contributed by atoms with Crippen LogP contribution in [0.4, 0.5) is 0 Å². The third-order valence-corrected chi connectivity index (χ3v) is 1.05. The van der Waals surface area contributed by atoms with Crippen LogP contribution < -0.4 is 22.5 Å². The van der Waals surface area contributed by atoms with Crippen molar-refractivity contribution in [3.8, 4) is 0 Å². The number of rotatable bonds is 4. The van der Waals surface area contributed by atoms with Crippen molar-refractivity contribution in [1.29, 1.82) is 0 Å². The number of aliphatic imine (C=N–C) groups is 1. The van der Waals surface area contributed by atoms with Crippen molar-refractivity contribution in [1.82, 2.24) is 5.32 Å². The van der Waals surface area contributed by atoms with E-state index in [1.807, 2.05) is 6.92 Å². The minimum absolute atomic E-state index is 0.103. The molecule has 0 saturated carbocycles. The quantitative estimate of drug-likeness (QED) is 0.230. The second kappa shape index (κ2) is 5.40. The Morgan fingerprint density at radius 2 is 2.09 bits per heavy atom. The molecule has 0 heterocycles. The Balaban J connectivity index is 3.36. The molecule has 0 aliphatic rings. The minimum Gasteiger partial charge on any atom is -0.386 e. The van der Waals surface area contributed by atoms with Crippen LogP contribution in [0.25, 0.3) is 0 Å². The second-order valence-electron chi connectivity index (χ2n) is 1.98. The summed E-state index contributed by atoms with van der Waals surface area (Å²) in [7, 11) is 0. The van der Waals surface area contributed by atoms with Gasteiger partial charge in [0.25, 0.3) is 0 Å². The SMILES string of the molecule is C/C=C(/N)NCCN=C(N)N. The van der Waals surface area contributed by atoms with Gasteiger partial charge in [0, 0.05) is 6.54 Å². The van der Waals surface area contributed by atoms with Crippen LogP contribution in [0.2, 0.25) is 0 Å². The highest BCUT2D eigenvalue weighted by Crippen LogP contribution is 1.74. The highest BCUT2D eigenvalue weighted by Gasteiger charge is 1.85. The van der Waals surface area contributed by atoms with Crippen molar-refractivity contribution < 1.29 is 0 Å². The summed E-state index contributed by atoms with van der Waals surface area (Å²) in [6.45, 7) is 3.04. The summed E-state index contributed by atoms with van der Waals surface area (Å²) < 4.78 is 0. The molecule has 0 radical (unpaired) electrons. The first kappa shape index (κ1) is 9.61. The molecule has 0 spiro atoms. The van der Waals surface area contributed by atoms with Gasteiger partial charge in [-0.2, -0.15) is 0 Å². The smallest absolute Gasteiger partial charge is 0.185 e. The van der Waals surface area contributed by atoms with E-state index in [2.05, 4.69) is 10.3 Å². The number of nitrogens with zero attached hydrogens (tertiary/aromatic N) is 1. The lowest BCUT2D eigenvalue weighted by molar-refractivity contribution is 0.785. The number of guanidine groups is 1. The molecule has 0 atom stereocenters. The molecular weight excluding hydrogens is 142 g/mol. The average Bonchev–Trinajstić information content (AvgIpc) is 1.97. The van der Waals surface area contributed by atoms with Gasteiger partial charge in [0.05, 0.1) is 12.4 Å². The molecule has 0 aromatic heterocycles. The molecule has 5 heteroatoms. The molecule has 0 aromatic rings. The Morgan fingerprint density at radius 1 is 1.45 bits per heavy atom. The Labute approximate surface area is 66.3 Å². The summed E-state index contributed by atoms with van der Waals surface area (Å²) in [4.78, 5) is 3.76. The van der Waals surface area contributed by atoms with Gasteiger partial charge in [-0.05, 0) is 13.0 Å². The standard InChI is InChI=1S/C6H15N5/c1-2-5(7)10-3-4-11-6(8)9/h2,10H,3-4,7H2,1H3,(H4,8,9,11)/b5-2-. The molecule has 0 unspecified atom stereocenters.